The molecule has 0 bridgehead atoms. The Balaban J connectivity index is 1.47. The van der Waals surface area contributed by atoms with E-state index >= 15 is 0 Å². The van der Waals surface area contributed by atoms with E-state index in [4.69, 9.17) is 16.3 Å². The second kappa shape index (κ2) is 8.80. The Hall–Kier alpha value is -3.30. The molecule has 4 rings (SSSR count). The first-order chi connectivity index (χ1) is 14.2. The lowest BCUT2D eigenvalue weighted by Gasteiger charge is -2.13. The maximum Gasteiger partial charge on any atom is 0.255 e. The lowest BCUT2D eigenvalue weighted by molar-refractivity contribution is 0.0946. The van der Waals surface area contributed by atoms with Gasteiger partial charge in [-0.2, -0.15) is 0 Å². The summed E-state index contributed by atoms with van der Waals surface area (Å²) >= 11 is 6.13. The molecule has 29 heavy (non-hydrogen) atoms. The van der Waals surface area contributed by atoms with Crippen LogP contribution in [-0.4, -0.2) is 5.91 Å². The highest BCUT2D eigenvalue weighted by Gasteiger charge is 2.14. The molecule has 0 radical (unpaired) electrons. The van der Waals surface area contributed by atoms with Crippen LogP contribution in [0.1, 0.15) is 21.5 Å². The fraction of sp³-hybridized carbons (Fsp3) is 0.0800. The summed E-state index contributed by atoms with van der Waals surface area (Å²) in [5.41, 5.74) is 2.49. The van der Waals surface area contributed by atoms with Gasteiger partial charge in [-0.05, 0) is 46.2 Å². The van der Waals surface area contributed by atoms with E-state index in [1.54, 1.807) is 18.2 Å². The number of carbonyl (C=O) groups is 1. The molecule has 0 heterocycles. The summed E-state index contributed by atoms with van der Waals surface area (Å²) in [6.07, 6.45) is 0. The Morgan fingerprint density at radius 1 is 0.793 bits per heavy atom. The number of hydrogen-bond donors (Lipinski definition) is 1. The Morgan fingerprint density at radius 3 is 2.38 bits per heavy atom. The molecular formula is C25H20ClNO2. The summed E-state index contributed by atoms with van der Waals surface area (Å²) in [6, 6.07) is 29.2. The molecule has 0 atom stereocenters. The summed E-state index contributed by atoms with van der Waals surface area (Å²) in [7, 11) is 0. The average molecular weight is 402 g/mol. The topological polar surface area (TPSA) is 38.3 Å². The number of fused-ring (bicyclic) bond motifs is 1. The third-order valence-electron chi connectivity index (χ3n) is 4.69. The first-order valence-corrected chi connectivity index (χ1v) is 9.79. The standard InChI is InChI=1S/C25H20ClNO2/c26-22-12-13-24(29-17-18-6-2-1-3-7-18)23(15-22)25(28)27-16-19-10-11-20-8-4-5-9-21(20)14-19/h1-15H,16-17H2,(H,27,28). The van der Waals surface area contributed by atoms with Gasteiger partial charge >= 0.3 is 0 Å². The van der Waals surface area contributed by atoms with E-state index in [9.17, 15) is 4.79 Å². The molecule has 0 aliphatic carbocycles. The van der Waals surface area contributed by atoms with Crippen LogP contribution in [-0.2, 0) is 13.2 Å². The van der Waals surface area contributed by atoms with E-state index in [2.05, 4.69) is 29.6 Å². The average Bonchev–Trinajstić information content (AvgIpc) is 2.77. The van der Waals surface area contributed by atoms with Crippen molar-refractivity contribution in [3.8, 4) is 5.75 Å². The maximum absolute atomic E-state index is 12.8. The molecule has 4 aromatic carbocycles. The molecule has 0 fully saturated rings. The molecule has 4 heteroatoms. The second-order valence-electron chi connectivity index (χ2n) is 6.78. The minimum atomic E-state index is -0.219. The van der Waals surface area contributed by atoms with Crippen LogP contribution < -0.4 is 10.1 Å². The van der Waals surface area contributed by atoms with E-state index in [0.717, 1.165) is 16.5 Å². The summed E-state index contributed by atoms with van der Waals surface area (Å²) in [6.45, 7) is 0.807. The van der Waals surface area contributed by atoms with Crippen LogP contribution in [0.5, 0.6) is 5.75 Å². The third-order valence-corrected chi connectivity index (χ3v) is 4.93. The quantitative estimate of drug-likeness (QED) is 0.430. The predicted molar refractivity (Wildman–Crippen MR) is 117 cm³/mol. The molecule has 1 amide bonds. The van der Waals surface area contributed by atoms with Gasteiger partial charge in [0.1, 0.15) is 12.4 Å². The Morgan fingerprint density at radius 2 is 1.55 bits per heavy atom. The van der Waals surface area contributed by atoms with Crippen molar-refractivity contribution in [1.29, 1.82) is 0 Å². The molecule has 0 saturated heterocycles. The van der Waals surface area contributed by atoms with Gasteiger partial charge in [0.2, 0.25) is 0 Å². The minimum absolute atomic E-state index is 0.219. The van der Waals surface area contributed by atoms with Crippen LogP contribution in [0.2, 0.25) is 5.02 Å². The van der Waals surface area contributed by atoms with Crippen molar-refractivity contribution in [1.82, 2.24) is 5.32 Å². The van der Waals surface area contributed by atoms with Gasteiger partial charge in [0, 0.05) is 11.6 Å². The molecule has 144 valence electrons. The van der Waals surface area contributed by atoms with Crippen LogP contribution in [0.3, 0.4) is 0 Å². The smallest absolute Gasteiger partial charge is 0.255 e. The van der Waals surface area contributed by atoms with E-state index in [-0.39, 0.29) is 5.91 Å². The Labute approximate surface area is 174 Å². The molecule has 0 saturated carbocycles. The zero-order valence-corrected chi connectivity index (χ0v) is 16.5. The normalized spacial score (nSPS) is 10.7. The van der Waals surface area contributed by atoms with Crippen molar-refractivity contribution in [3.05, 3.63) is 113 Å². The third kappa shape index (κ3) is 4.76. The lowest BCUT2D eigenvalue weighted by Crippen LogP contribution is -2.23. The van der Waals surface area contributed by atoms with Gasteiger partial charge < -0.3 is 10.1 Å². The number of nitrogens with one attached hydrogen (secondary N) is 1. The first-order valence-electron chi connectivity index (χ1n) is 9.41. The Kier molecular flexibility index (Phi) is 5.78. The number of amides is 1. The van der Waals surface area contributed by atoms with Gasteiger partial charge in [0.05, 0.1) is 5.56 Å². The zero-order valence-electron chi connectivity index (χ0n) is 15.8. The predicted octanol–water partition coefficient (Wildman–Crippen LogP) is 6.00. The molecule has 0 unspecified atom stereocenters. The summed E-state index contributed by atoms with van der Waals surface area (Å²) in [5.74, 6) is 0.290. The van der Waals surface area contributed by atoms with Gasteiger partial charge in [0.15, 0.2) is 0 Å². The van der Waals surface area contributed by atoms with Crippen molar-refractivity contribution in [2.75, 3.05) is 0 Å². The van der Waals surface area contributed by atoms with Crippen LogP contribution >= 0.6 is 11.6 Å². The van der Waals surface area contributed by atoms with Crippen LogP contribution in [0, 0.1) is 0 Å². The van der Waals surface area contributed by atoms with Crippen molar-refractivity contribution in [2.45, 2.75) is 13.2 Å². The van der Waals surface area contributed by atoms with Gasteiger partial charge in [-0.15, -0.1) is 0 Å². The fourth-order valence-corrected chi connectivity index (χ4v) is 3.34. The molecule has 3 nitrogen and oxygen atoms in total. The van der Waals surface area contributed by atoms with E-state index in [0.29, 0.717) is 29.5 Å². The summed E-state index contributed by atoms with van der Waals surface area (Å²) < 4.78 is 5.89. The zero-order chi connectivity index (χ0) is 20.1. The van der Waals surface area contributed by atoms with Crippen molar-refractivity contribution >= 4 is 28.3 Å². The van der Waals surface area contributed by atoms with Gasteiger partial charge in [-0.3, -0.25) is 4.79 Å². The number of benzene rings is 4. The van der Waals surface area contributed by atoms with Crippen molar-refractivity contribution in [3.63, 3.8) is 0 Å². The van der Waals surface area contributed by atoms with E-state index in [1.807, 2.05) is 48.5 Å². The molecule has 0 spiro atoms. The number of rotatable bonds is 6. The SMILES string of the molecule is O=C(NCc1ccc2ccccc2c1)c1cc(Cl)ccc1OCc1ccccc1. The monoisotopic (exact) mass is 401 g/mol. The van der Waals surface area contributed by atoms with Crippen molar-refractivity contribution in [2.24, 2.45) is 0 Å². The number of ether oxygens (including phenoxy) is 1. The number of carbonyl (C=O) groups excluding carboxylic acids is 1. The molecular weight excluding hydrogens is 382 g/mol. The fourth-order valence-electron chi connectivity index (χ4n) is 3.17. The maximum atomic E-state index is 12.8. The summed E-state index contributed by atoms with van der Waals surface area (Å²) in [5, 5.41) is 5.78. The van der Waals surface area contributed by atoms with Crippen LogP contribution in [0.4, 0.5) is 0 Å². The molecule has 4 aromatic rings. The number of halogens is 1. The van der Waals surface area contributed by atoms with Crippen LogP contribution in [0.15, 0.2) is 91.0 Å². The van der Waals surface area contributed by atoms with Gasteiger partial charge in [0.25, 0.3) is 5.91 Å². The van der Waals surface area contributed by atoms with E-state index in [1.165, 1.54) is 5.39 Å². The highest BCUT2D eigenvalue weighted by atomic mass is 35.5. The Bertz CT molecular complexity index is 1140. The highest BCUT2D eigenvalue weighted by Crippen LogP contribution is 2.24. The minimum Gasteiger partial charge on any atom is -0.488 e. The highest BCUT2D eigenvalue weighted by molar-refractivity contribution is 6.31. The molecule has 0 aliphatic heterocycles. The van der Waals surface area contributed by atoms with Gasteiger partial charge in [-0.25, -0.2) is 0 Å². The first kappa shape index (κ1) is 19.0. The molecule has 0 aromatic heterocycles. The molecule has 0 aliphatic rings. The van der Waals surface area contributed by atoms with Crippen LogP contribution in [0.25, 0.3) is 10.8 Å². The second-order valence-corrected chi connectivity index (χ2v) is 7.22. The van der Waals surface area contributed by atoms with Crippen molar-refractivity contribution < 1.29 is 9.53 Å². The lowest BCUT2D eigenvalue weighted by atomic mass is 10.1. The largest absolute Gasteiger partial charge is 0.488 e. The molecule has 1 N–H and O–H groups in total. The van der Waals surface area contributed by atoms with Gasteiger partial charge in [-0.1, -0.05) is 78.3 Å². The number of hydrogen-bond acceptors (Lipinski definition) is 2. The van der Waals surface area contributed by atoms with E-state index < -0.39 is 0 Å². The summed E-state index contributed by atoms with van der Waals surface area (Å²) in [4.78, 5) is 12.8.